The zero-order chi connectivity index (χ0) is 14.2. The van der Waals surface area contributed by atoms with Gasteiger partial charge in [0.15, 0.2) is 5.65 Å². The van der Waals surface area contributed by atoms with Gasteiger partial charge in [0.2, 0.25) is 5.95 Å². The Balaban J connectivity index is 2.65. The molecule has 2 heterocycles. The van der Waals surface area contributed by atoms with Crippen LogP contribution in [0.4, 0.5) is 5.95 Å². The normalized spacial score (nSPS) is 12.9. The minimum atomic E-state index is -0.566. The third kappa shape index (κ3) is 2.35. The number of hydrogen-bond acceptors (Lipinski definition) is 5. The predicted molar refractivity (Wildman–Crippen MR) is 72.8 cm³/mol. The summed E-state index contributed by atoms with van der Waals surface area (Å²) >= 11 is 5.87. The number of rotatable bonds is 3. The first kappa shape index (κ1) is 13.6. The molecule has 0 aliphatic carbocycles. The van der Waals surface area contributed by atoms with Crippen molar-refractivity contribution in [1.29, 1.82) is 0 Å². The first-order valence-corrected chi connectivity index (χ1v) is 6.20. The second kappa shape index (κ2) is 5.05. The fourth-order valence-electron chi connectivity index (χ4n) is 2.05. The zero-order valence-corrected chi connectivity index (χ0v) is 11.7. The van der Waals surface area contributed by atoms with Crippen molar-refractivity contribution < 1.29 is 9.53 Å². The molecule has 2 rings (SSSR count). The van der Waals surface area contributed by atoms with Crippen LogP contribution in [0, 0.1) is 5.92 Å². The zero-order valence-electron chi connectivity index (χ0n) is 10.9. The van der Waals surface area contributed by atoms with Gasteiger partial charge in [0, 0.05) is 6.20 Å². The molecule has 0 fully saturated rings. The number of aromatic nitrogens is 3. The number of methoxy groups -OCH3 is 1. The molecular formula is C12H15ClN4O2. The quantitative estimate of drug-likeness (QED) is 0.871. The van der Waals surface area contributed by atoms with Gasteiger partial charge in [-0.2, -0.15) is 0 Å². The van der Waals surface area contributed by atoms with Crippen molar-refractivity contribution in [3.63, 3.8) is 0 Å². The van der Waals surface area contributed by atoms with Crippen molar-refractivity contribution in [3.8, 4) is 0 Å². The summed E-state index contributed by atoms with van der Waals surface area (Å²) in [6.07, 6.45) is 1.50. The molecule has 7 heteroatoms. The maximum atomic E-state index is 11.9. The van der Waals surface area contributed by atoms with E-state index in [0.29, 0.717) is 16.2 Å². The molecule has 1 unspecified atom stereocenters. The summed E-state index contributed by atoms with van der Waals surface area (Å²) in [5.41, 5.74) is 6.97. The Kier molecular flexibility index (Phi) is 3.61. The summed E-state index contributed by atoms with van der Waals surface area (Å²) in [4.78, 5) is 20.3. The number of pyridine rings is 1. The minimum absolute atomic E-state index is 0.00960. The van der Waals surface area contributed by atoms with E-state index >= 15 is 0 Å². The molecule has 0 spiro atoms. The Morgan fingerprint density at radius 1 is 1.53 bits per heavy atom. The second-order valence-corrected chi connectivity index (χ2v) is 4.98. The lowest BCUT2D eigenvalue weighted by molar-refractivity contribution is -0.145. The number of anilines is 1. The van der Waals surface area contributed by atoms with Crippen LogP contribution in [0.1, 0.15) is 19.9 Å². The molecule has 0 saturated carbocycles. The number of imidazole rings is 1. The van der Waals surface area contributed by atoms with Crippen LogP contribution >= 0.6 is 11.6 Å². The maximum Gasteiger partial charge on any atom is 0.329 e. The van der Waals surface area contributed by atoms with Gasteiger partial charge in [-0.3, -0.25) is 4.57 Å². The molecule has 2 aromatic rings. The SMILES string of the molecule is COC(=O)C(C(C)C)n1c(N)nc2cc(Cl)cnc21. The van der Waals surface area contributed by atoms with Gasteiger partial charge in [0.1, 0.15) is 11.6 Å². The Hall–Kier alpha value is -1.82. The molecule has 0 saturated heterocycles. The summed E-state index contributed by atoms with van der Waals surface area (Å²) < 4.78 is 6.41. The number of nitrogens with two attached hydrogens (primary N) is 1. The van der Waals surface area contributed by atoms with Crippen molar-refractivity contribution in [2.75, 3.05) is 12.8 Å². The van der Waals surface area contributed by atoms with Gasteiger partial charge in [-0.25, -0.2) is 14.8 Å². The fourth-order valence-corrected chi connectivity index (χ4v) is 2.20. The summed E-state index contributed by atoms with van der Waals surface area (Å²) in [5.74, 6) is -0.170. The molecule has 0 radical (unpaired) electrons. The third-order valence-corrected chi connectivity index (χ3v) is 3.08. The van der Waals surface area contributed by atoms with Crippen LogP contribution < -0.4 is 5.73 Å². The summed E-state index contributed by atoms with van der Waals surface area (Å²) in [6, 6.07) is 1.09. The average molecular weight is 283 g/mol. The van der Waals surface area contributed by atoms with E-state index in [1.807, 2.05) is 13.8 Å². The van der Waals surface area contributed by atoms with Crippen molar-refractivity contribution >= 4 is 34.7 Å². The summed E-state index contributed by atoms with van der Waals surface area (Å²) in [7, 11) is 1.34. The summed E-state index contributed by atoms with van der Waals surface area (Å²) in [5, 5.41) is 0.469. The van der Waals surface area contributed by atoms with E-state index in [1.54, 1.807) is 10.6 Å². The predicted octanol–water partition coefficient (Wildman–Crippen LogP) is 2.04. The molecule has 2 N–H and O–H groups in total. The van der Waals surface area contributed by atoms with E-state index in [4.69, 9.17) is 22.1 Å². The fraction of sp³-hybridized carbons (Fsp3) is 0.417. The first-order valence-electron chi connectivity index (χ1n) is 5.82. The van der Waals surface area contributed by atoms with Gasteiger partial charge in [-0.15, -0.1) is 0 Å². The molecule has 102 valence electrons. The molecule has 2 aromatic heterocycles. The molecule has 6 nitrogen and oxygen atoms in total. The van der Waals surface area contributed by atoms with E-state index in [-0.39, 0.29) is 17.8 Å². The maximum absolute atomic E-state index is 11.9. The summed E-state index contributed by atoms with van der Waals surface area (Å²) in [6.45, 7) is 3.81. The highest BCUT2D eigenvalue weighted by Crippen LogP contribution is 2.28. The number of esters is 1. The largest absolute Gasteiger partial charge is 0.467 e. The monoisotopic (exact) mass is 282 g/mol. The molecular weight excluding hydrogens is 268 g/mol. The first-order chi connectivity index (χ1) is 8.95. The number of ether oxygens (including phenoxy) is 1. The third-order valence-electron chi connectivity index (χ3n) is 2.88. The van der Waals surface area contributed by atoms with Crippen LogP contribution in [0.3, 0.4) is 0 Å². The smallest absolute Gasteiger partial charge is 0.329 e. The molecule has 0 aliphatic heterocycles. The van der Waals surface area contributed by atoms with E-state index in [0.717, 1.165) is 0 Å². The molecule has 0 aliphatic rings. The number of carbonyl (C=O) groups excluding carboxylic acids is 1. The van der Waals surface area contributed by atoms with Crippen molar-refractivity contribution in [3.05, 3.63) is 17.3 Å². The molecule has 0 bridgehead atoms. The minimum Gasteiger partial charge on any atom is -0.467 e. The van der Waals surface area contributed by atoms with Crippen molar-refractivity contribution in [2.45, 2.75) is 19.9 Å². The standard InChI is InChI=1S/C12H15ClN4O2/c1-6(2)9(11(18)19-3)17-10-8(16-12(17)14)4-7(13)5-15-10/h4-6,9H,1-3H3,(H2,14,16). The second-order valence-electron chi connectivity index (χ2n) is 4.55. The Bertz CT molecular complexity index is 623. The Labute approximate surface area is 115 Å². The molecule has 1 atom stereocenters. The van der Waals surface area contributed by atoms with Crippen LogP contribution in [0.15, 0.2) is 12.3 Å². The van der Waals surface area contributed by atoms with E-state index in [1.165, 1.54) is 13.3 Å². The van der Waals surface area contributed by atoms with Gasteiger partial charge in [0.25, 0.3) is 0 Å². The Morgan fingerprint density at radius 3 is 2.79 bits per heavy atom. The van der Waals surface area contributed by atoms with Crippen LogP contribution in [-0.4, -0.2) is 27.6 Å². The highest BCUT2D eigenvalue weighted by molar-refractivity contribution is 6.31. The van der Waals surface area contributed by atoms with Gasteiger partial charge < -0.3 is 10.5 Å². The van der Waals surface area contributed by atoms with Crippen molar-refractivity contribution in [1.82, 2.24) is 14.5 Å². The average Bonchev–Trinajstić information content (AvgIpc) is 2.65. The van der Waals surface area contributed by atoms with E-state index in [9.17, 15) is 4.79 Å². The molecule has 0 amide bonds. The number of carbonyl (C=O) groups is 1. The van der Waals surface area contributed by atoms with E-state index in [2.05, 4.69) is 9.97 Å². The van der Waals surface area contributed by atoms with Gasteiger partial charge >= 0.3 is 5.97 Å². The Morgan fingerprint density at radius 2 is 2.21 bits per heavy atom. The highest BCUT2D eigenvalue weighted by Gasteiger charge is 2.29. The number of fused-ring (bicyclic) bond motifs is 1. The lowest BCUT2D eigenvalue weighted by atomic mass is 10.0. The van der Waals surface area contributed by atoms with Gasteiger partial charge in [0.05, 0.1) is 12.1 Å². The van der Waals surface area contributed by atoms with Crippen molar-refractivity contribution in [2.24, 2.45) is 5.92 Å². The number of halogens is 1. The lowest BCUT2D eigenvalue weighted by Gasteiger charge is -2.21. The van der Waals surface area contributed by atoms with Crippen LogP contribution in [0.5, 0.6) is 0 Å². The number of nitrogen functional groups attached to an aromatic ring is 1. The highest BCUT2D eigenvalue weighted by atomic mass is 35.5. The van der Waals surface area contributed by atoms with E-state index < -0.39 is 6.04 Å². The van der Waals surface area contributed by atoms with Gasteiger partial charge in [-0.1, -0.05) is 25.4 Å². The topological polar surface area (TPSA) is 83.0 Å². The molecule has 19 heavy (non-hydrogen) atoms. The number of hydrogen-bond donors (Lipinski definition) is 1. The van der Waals surface area contributed by atoms with Crippen LogP contribution in [-0.2, 0) is 9.53 Å². The van der Waals surface area contributed by atoms with Crippen LogP contribution in [0.2, 0.25) is 5.02 Å². The van der Waals surface area contributed by atoms with Gasteiger partial charge in [-0.05, 0) is 12.0 Å². The van der Waals surface area contributed by atoms with Crippen LogP contribution in [0.25, 0.3) is 11.2 Å². The number of nitrogens with zero attached hydrogens (tertiary/aromatic N) is 3. The lowest BCUT2D eigenvalue weighted by Crippen LogP contribution is -2.27. The molecule has 0 aromatic carbocycles.